The maximum Gasteiger partial charge on any atom is 0.0164 e. The Kier molecular flexibility index (Phi) is 3.93. The molecule has 116 valence electrons. The van der Waals surface area contributed by atoms with Crippen LogP contribution < -0.4 is 5.32 Å². The zero-order valence-corrected chi connectivity index (χ0v) is 13.3. The highest BCUT2D eigenvalue weighted by Crippen LogP contribution is 2.45. The van der Waals surface area contributed by atoms with E-state index in [0.29, 0.717) is 5.41 Å². The third-order valence-corrected chi connectivity index (χ3v) is 6.39. The van der Waals surface area contributed by atoms with Crippen molar-refractivity contribution in [1.29, 1.82) is 0 Å². The third kappa shape index (κ3) is 2.73. The summed E-state index contributed by atoms with van der Waals surface area (Å²) in [5, 5.41) is 3.53. The highest BCUT2D eigenvalue weighted by atomic mass is 15.2. The molecule has 0 amide bonds. The number of nitrogens with one attached hydrogen (secondary N) is 1. The molecule has 2 heterocycles. The number of nitrogens with zero attached hydrogens (tertiary/aromatic N) is 1. The van der Waals surface area contributed by atoms with Crippen molar-refractivity contribution in [3.05, 3.63) is 23.8 Å². The van der Waals surface area contributed by atoms with E-state index in [1.807, 2.05) is 0 Å². The molecule has 2 aliphatic carbocycles. The van der Waals surface area contributed by atoms with Gasteiger partial charge in [-0.1, -0.05) is 31.1 Å². The van der Waals surface area contributed by atoms with Crippen molar-refractivity contribution in [2.75, 3.05) is 26.2 Å². The van der Waals surface area contributed by atoms with Gasteiger partial charge in [0.2, 0.25) is 0 Å². The van der Waals surface area contributed by atoms with E-state index in [-0.39, 0.29) is 0 Å². The number of rotatable bonds is 2. The minimum absolute atomic E-state index is 0.685. The molecule has 4 rings (SSSR count). The van der Waals surface area contributed by atoms with Gasteiger partial charge in [0.1, 0.15) is 0 Å². The number of likely N-dealkylation sites (tertiary alicyclic amines) is 1. The lowest BCUT2D eigenvalue weighted by Gasteiger charge is -2.57. The molecule has 0 radical (unpaired) electrons. The third-order valence-electron chi connectivity index (χ3n) is 6.39. The quantitative estimate of drug-likeness (QED) is 0.836. The highest BCUT2D eigenvalue weighted by molar-refractivity contribution is 5.27. The van der Waals surface area contributed by atoms with Gasteiger partial charge in [-0.2, -0.15) is 0 Å². The van der Waals surface area contributed by atoms with Crippen LogP contribution in [0.2, 0.25) is 0 Å². The SMILES string of the molecule is C1=CC(C2CCCCC2N2CC3(CCNCC3)C2)=CCC1. The van der Waals surface area contributed by atoms with Gasteiger partial charge in [-0.15, -0.1) is 0 Å². The second-order valence-corrected chi connectivity index (χ2v) is 7.80. The van der Waals surface area contributed by atoms with Crippen LogP contribution in [-0.2, 0) is 0 Å². The molecule has 0 aromatic rings. The van der Waals surface area contributed by atoms with E-state index in [2.05, 4.69) is 28.4 Å². The summed E-state index contributed by atoms with van der Waals surface area (Å²) < 4.78 is 0. The standard InChI is InChI=1S/C19H30N2/c1-2-6-16(7-3-1)17-8-4-5-9-18(17)21-14-19(15-21)10-12-20-13-11-19/h2,6-7,17-18,20H,1,3-5,8-15H2. The van der Waals surface area contributed by atoms with Gasteiger partial charge in [-0.3, -0.25) is 4.90 Å². The van der Waals surface area contributed by atoms with E-state index in [1.165, 1.54) is 77.5 Å². The summed E-state index contributed by atoms with van der Waals surface area (Å²) in [6.07, 6.45) is 18.4. The first kappa shape index (κ1) is 14.0. The molecule has 2 saturated heterocycles. The topological polar surface area (TPSA) is 15.3 Å². The lowest BCUT2D eigenvalue weighted by molar-refractivity contribution is -0.0690. The van der Waals surface area contributed by atoms with Crippen molar-refractivity contribution in [3.8, 4) is 0 Å². The van der Waals surface area contributed by atoms with Crippen molar-refractivity contribution >= 4 is 0 Å². The van der Waals surface area contributed by atoms with E-state index < -0.39 is 0 Å². The fraction of sp³-hybridized carbons (Fsp3) is 0.789. The van der Waals surface area contributed by atoms with Crippen LogP contribution in [0.5, 0.6) is 0 Å². The summed E-state index contributed by atoms with van der Waals surface area (Å²) in [6.45, 7) is 5.26. The molecule has 2 nitrogen and oxygen atoms in total. The molecule has 2 unspecified atom stereocenters. The summed E-state index contributed by atoms with van der Waals surface area (Å²) >= 11 is 0. The van der Waals surface area contributed by atoms with E-state index in [0.717, 1.165) is 12.0 Å². The zero-order valence-electron chi connectivity index (χ0n) is 13.3. The van der Waals surface area contributed by atoms with Crippen LogP contribution in [0.1, 0.15) is 51.4 Å². The van der Waals surface area contributed by atoms with Crippen LogP contribution in [0.4, 0.5) is 0 Å². The zero-order chi connectivity index (χ0) is 14.1. The lowest BCUT2D eigenvalue weighted by atomic mass is 9.68. The summed E-state index contributed by atoms with van der Waals surface area (Å²) in [6, 6.07) is 0.841. The van der Waals surface area contributed by atoms with Crippen LogP contribution in [0.3, 0.4) is 0 Å². The smallest absolute Gasteiger partial charge is 0.0164 e. The predicted octanol–water partition coefficient (Wildman–Crippen LogP) is 3.51. The normalized spacial score (nSPS) is 36.3. The predicted molar refractivity (Wildman–Crippen MR) is 88.3 cm³/mol. The van der Waals surface area contributed by atoms with Gasteiger partial charge >= 0.3 is 0 Å². The van der Waals surface area contributed by atoms with Crippen molar-refractivity contribution in [2.24, 2.45) is 11.3 Å². The Hall–Kier alpha value is -0.600. The molecule has 0 aromatic heterocycles. The van der Waals surface area contributed by atoms with Crippen LogP contribution in [0.15, 0.2) is 23.8 Å². The molecule has 21 heavy (non-hydrogen) atoms. The Morgan fingerprint density at radius 1 is 1.05 bits per heavy atom. The lowest BCUT2D eigenvalue weighted by Crippen LogP contribution is -2.64. The van der Waals surface area contributed by atoms with Crippen LogP contribution in [0.25, 0.3) is 0 Å². The van der Waals surface area contributed by atoms with Gasteiger partial charge in [-0.05, 0) is 68.5 Å². The Bertz CT molecular complexity index is 423. The molecule has 2 atom stereocenters. The molecule has 1 spiro atoms. The summed E-state index contributed by atoms with van der Waals surface area (Å²) in [5.41, 5.74) is 2.35. The monoisotopic (exact) mass is 286 g/mol. The highest BCUT2D eigenvalue weighted by Gasteiger charge is 2.47. The van der Waals surface area contributed by atoms with Gasteiger partial charge in [0.05, 0.1) is 0 Å². The van der Waals surface area contributed by atoms with Gasteiger partial charge in [-0.25, -0.2) is 0 Å². The van der Waals surface area contributed by atoms with E-state index in [1.54, 1.807) is 5.57 Å². The molecule has 4 aliphatic rings. The van der Waals surface area contributed by atoms with E-state index in [9.17, 15) is 0 Å². The second kappa shape index (κ2) is 5.89. The molecule has 1 saturated carbocycles. The summed E-state index contributed by atoms with van der Waals surface area (Å²) in [4.78, 5) is 2.85. The summed E-state index contributed by atoms with van der Waals surface area (Å²) in [5.74, 6) is 0.828. The fourth-order valence-electron chi connectivity index (χ4n) is 5.17. The number of piperidine rings is 1. The van der Waals surface area contributed by atoms with E-state index in [4.69, 9.17) is 0 Å². The number of allylic oxidation sites excluding steroid dienone is 3. The molecule has 2 aliphatic heterocycles. The van der Waals surface area contributed by atoms with Gasteiger partial charge in [0, 0.05) is 19.1 Å². The first-order valence-electron chi connectivity index (χ1n) is 9.18. The molecule has 0 bridgehead atoms. The van der Waals surface area contributed by atoms with Crippen molar-refractivity contribution in [1.82, 2.24) is 10.2 Å². The first-order chi connectivity index (χ1) is 10.4. The van der Waals surface area contributed by atoms with Gasteiger partial charge < -0.3 is 5.32 Å². The van der Waals surface area contributed by atoms with Crippen molar-refractivity contribution in [3.63, 3.8) is 0 Å². The molecule has 1 N–H and O–H groups in total. The maximum atomic E-state index is 3.53. The Labute approximate surface area is 129 Å². The summed E-state index contributed by atoms with van der Waals surface area (Å²) in [7, 11) is 0. The van der Waals surface area contributed by atoms with Gasteiger partial charge in [0.15, 0.2) is 0 Å². The first-order valence-corrected chi connectivity index (χ1v) is 9.18. The van der Waals surface area contributed by atoms with Crippen molar-refractivity contribution in [2.45, 2.75) is 57.4 Å². The Morgan fingerprint density at radius 2 is 1.86 bits per heavy atom. The second-order valence-electron chi connectivity index (χ2n) is 7.80. The largest absolute Gasteiger partial charge is 0.317 e. The molecule has 0 aromatic carbocycles. The maximum absolute atomic E-state index is 3.53. The van der Waals surface area contributed by atoms with Crippen LogP contribution in [0, 0.1) is 11.3 Å². The van der Waals surface area contributed by atoms with Gasteiger partial charge in [0.25, 0.3) is 0 Å². The molecule has 3 fully saturated rings. The molecular weight excluding hydrogens is 256 g/mol. The average molecular weight is 286 g/mol. The number of hydrogen-bond donors (Lipinski definition) is 1. The minimum Gasteiger partial charge on any atom is -0.317 e. The minimum atomic E-state index is 0.685. The van der Waals surface area contributed by atoms with E-state index >= 15 is 0 Å². The molecule has 2 heteroatoms. The fourth-order valence-corrected chi connectivity index (χ4v) is 5.17. The Balaban J connectivity index is 1.43. The Morgan fingerprint density at radius 3 is 2.62 bits per heavy atom. The average Bonchev–Trinajstić information content (AvgIpc) is 2.54. The van der Waals surface area contributed by atoms with Crippen LogP contribution in [-0.4, -0.2) is 37.1 Å². The number of hydrogen-bond acceptors (Lipinski definition) is 2. The van der Waals surface area contributed by atoms with Crippen LogP contribution >= 0.6 is 0 Å². The molecular formula is C19H30N2. The van der Waals surface area contributed by atoms with Crippen molar-refractivity contribution < 1.29 is 0 Å².